The van der Waals surface area contributed by atoms with Gasteiger partial charge in [-0.3, -0.25) is 0 Å². The van der Waals surface area contributed by atoms with Crippen LogP contribution in [0.2, 0.25) is 0 Å². The number of hydrogen-bond acceptors (Lipinski definition) is 3. The van der Waals surface area contributed by atoms with E-state index in [0.29, 0.717) is 11.1 Å². The molecule has 2 aromatic rings. The lowest BCUT2D eigenvalue weighted by atomic mass is 10.0. The Kier molecular flexibility index (Phi) is 2.23. The molecule has 0 saturated carbocycles. The minimum Gasteiger partial charge on any atom is -0.460 e. The van der Waals surface area contributed by atoms with Gasteiger partial charge >= 0.3 is 0 Å². The summed E-state index contributed by atoms with van der Waals surface area (Å²) in [6.45, 7) is 0. The van der Waals surface area contributed by atoms with Gasteiger partial charge in [0.1, 0.15) is 0 Å². The summed E-state index contributed by atoms with van der Waals surface area (Å²) in [4.78, 5) is 0. The highest BCUT2D eigenvalue weighted by molar-refractivity contribution is 5.70. The molecule has 0 aliphatic heterocycles. The molecule has 1 aromatic carbocycles. The highest BCUT2D eigenvalue weighted by Gasteiger charge is 2.06. The Bertz CT molecular complexity index is 556. The molecule has 1 heterocycles. The quantitative estimate of drug-likeness (QED) is 0.698. The van der Waals surface area contributed by atoms with Crippen LogP contribution in [0.15, 0.2) is 34.9 Å². The molecular weight excluding hydrogens is 188 g/mol. The first kappa shape index (κ1) is 9.05. The SMILES string of the molecule is N#Cc1ccc(-c2c[c]oc2)c(C#N)c1. The van der Waals surface area contributed by atoms with Crippen molar-refractivity contribution in [2.75, 3.05) is 0 Å². The summed E-state index contributed by atoms with van der Waals surface area (Å²) in [6.07, 6.45) is 4.07. The molecule has 15 heavy (non-hydrogen) atoms. The van der Waals surface area contributed by atoms with Gasteiger partial charge in [0.25, 0.3) is 0 Å². The number of nitrogens with zero attached hydrogens (tertiary/aromatic N) is 2. The van der Waals surface area contributed by atoms with Crippen LogP contribution in [0, 0.1) is 28.9 Å². The molecule has 0 aliphatic rings. The van der Waals surface area contributed by atoms with Crippen LogP contribution in [0.1, 0.15) is 11.1 Å². The monoisotopic (exact) mass is 193 g/mol. The molecule has 3 nitrogen and oxygen atoms in total. The molecule has 0 N–H and O–H groups in total. The summed E-state index contributed by atoms with van der Waals surface area (Å²) in [6, 6.07) is 10.7. The minimum atomic E-state index is 0.462. The predicted octanol–water partition coefficient (Wildman–Crippen LogP) is 2.49. The minimum absolute atomic E-state index is 0.462. The molecule has 0 amide bonds. The van der Waals surface area contributed by atoms with E-state index in [1.807, 2.05) is 6.07 Å². The van der Waals surface area contributed by atoms with Gasteiger partial charge in [-0.05, 0) is 18.2 Å². The van der Waals surface area contributed by atoms with Gasteiger partial charge in [0, 0.05) is 11.1 Å². The van der Waals surface area contributed by atoms with E-state index in [-0.39, 0.29) is 0 Å². The maximum Gasteiger partial charge on any atom is 0.169 e. The lowest BCUT2D eigenvalue weighted by molar-refractivity contribution is 0.559. The molecule has 3 heteroatoms. The summed E-state index contributed by atoms with van der Waals surface area (Å²) in [7, 11) is 0. The van der Waals surface area contributed by atoms with Crippen molar-refractivity contribution in [2.45, 2.75) is 0 Å². The van der Waals surface area contributed by atoms with E-state index < -0.39 is 0 Å². The molecule has 0 spiro atoms. The number of benzene rings is 1. The Balaban J connectivity index is 2.60. The molecule has 0 fully saturated rings. The number of nitriles is 2. The van der Waals surface area contributed by atoms with Crippen molar-refractivity contribution in [1.82, 2.24) is 0 Å². The molecule has 2 rings (SSSR count). The van der Waals surface area contributed by atoms with E-state index in [1.54, 1.807) is 24.3 Å². The van der Waals surface area contributed by atoms with Crippen molar-refractivity contribution in [3.63, 3.8) is 0 Å². The fourth-order valence-corrected chi connectivity index (χ4v) is 1.33. The standard InChI is InChI=1S/C12H5N2O/c13-6-9-1-2-12(11(5-9)7-14)10-3-4-15-8-10/h1-3,5,8H. The topological polar surface area (TPSA) is 60.7 Å². The Labute approximate surface area is 86.8 Å². The van der Waals surface area contributed by atoms with E-state index in [2.05, 4.69) is 12.3 Å². The van der Waals surface area contributed by atoms with Gasteiger partial charge in [-0.15, -0.1) is 0 Å². The van der Waals surface area contributed by atoms with Crippen molar-refractivity contribution in [1.29, 1.82) is 10.5 Å². The summed E-state index contributed by atoms with van der Waals surface area (Å²) in [5.74, 6) is 0. The molecule has 0 bridgehead atoms. The normalized spacial score (nSPS) is 9.20. The van der Waals surface area contributed by atoms with E-state index >= 15 is 0 Å². The second-order valence-electron chi connectivity index (χ2n) is 2.94. The number of hydrogen-bond donors (Lipinski definition) is 0. The zero-order valence-electron chi connectivity index (χ0n) is 7.69. The van der Waals surface area contributed by atoms with E-state index in [4.69, 9.17) is 14.9 Å². The third-order valence-electron chi connectivity index (χ3n) is 2.05. The maximum absolute atomic E-state index is 8.94. The van der Waals surface area contributed by atoms with Gasteiger partial charge < -0.3 is 4.42 Å². The summed E-state index contributed by atoms with van der Waals surface area (Å²) < 4.78 is 4.83. The molecule has 0 aliphatic carbocycles. The number of furan rings is 1. The van der Waals surface area contributed by atoms with Crippen LogP contribution in [0.3, 0.4) is 0 Å². The third kappa shape index (κ3) is 1.59. The van der Waals surface area contributed by atoms with Gasteiger partial charge in [0.15, 0.2) is 6.26 Å². The van der Waals surface area contributed by atoms with Crippen LogP contribution in [-0.2, 0) is 0 Å². The average Bonchev–Trinajstić information content (AvgIpc) is 2.81. The Morgan fingerprint density at radius 3 is 2.67 bits per heavy atom. The van der Waals surface area contributed by atoms with Gasteiger partial charge in [-0.25, -0.2) is 0 Å². The fourth-order valence-electron chi connectivity index (χ4n) is 1.33. The van der Waals surface area contributed by atoms with Crippen LogP contribution >= 0.6 is 0 Å². The van der Waals surface area contributed by atoms with E-state index in [9.17, 15) is 0 Å². The zero-order valence-corrected chi connectivity index (χ0v) is 7.69. The van der Waals surface area contributed by atoms with Gasteiger partial charge in [0.2, 0.25) is 0 Å². The first-order valence-electron chi connectivity index (χ1n) is 4.24. The molecule has 0 atom stereocenters. The van der Waals surface area contributed by atoms with Crippen molar-refractivity contribution < 1.29 is 4.42 Å². The summed E-state index contributed by atoms with van der Waals surface area (Å²) >= 11 is 0. The van der Waals surface area contributed by atoms with Crippen molar-refractivity contribution in [3.8, 4) is 23.3 Å². The van der Waals surface area contributed by atoms with Crippen LogP contribution in [0.5, 0.6) is 0 Å². The lowest BCUT2D eigenvalue weighted by Gasteiger charge is -2.00. The largest absolute Gasteiger partial charge is 0.460 e. The highest BCUT2D eigenvalue weighted by Crippen LogP contribution is 2.24. The molecule has 69 valence electrons. The van der Waals surface area contributed by atoms with Crippen molar-refractivity contribution >= 4 is 0 Å². The molecule has 1 radical (unpaired) electrons. The Morgan fingerprint density at radius 2 is 2.07 bits per heavy atom. The summed E-state index contributed by atoms with van der Waals surface area (Å²) in [5, 5.41) is 17.6. The van der Waals surface area contributed by atoms with Crippen molar-refractivity contribution in [3.05, 3.63) is 47.9 Å². The predicted molar refractivity (Wildman–Crippen MR) is 52.4 cm³/mol. The van der Waals surface area contributed by atoms with Crippen molar-refractivity contribution in [2.24, 2.45) is 0 Å². The Hall–Kier alpha value is -2.52. The molecule has 0 unspecified atom stereocenters. The molecular formula is C12H5N2O. The second kappa shape index (κ2) is 3.69. The highest BCUT2D eigenvalue weighted by atomic mass is 16.3. The third-order valence-corrected chi connectivity index (χ3v) is 2.05. The van der Waals surface area contributed by atoms with Gasteiger partial charge in [-0.1, -0.05) is 6.07 Å². The smallest absolute Gasteiger partial charge is 0.169 e. The average molecular weight is 193 g/mol. The second-order valence-corrected chi connectivity index (χ2v) is 2.94. The first-order valence-corrected chi connectivity index (χ1v) is 4.24. The summed E-state index contributed by atoms with van der Waals surface area (Å²) in [5.41, 5.74) is 2.48. The van der Waals surface area contributed by atoms with Gasteiger partial charge in [0.05, 0.1) is 29.5 Å². The molecule has 1 aromatic heterocycles. The zero-order chi connectivity index (χ0) is 10.7. The van der Waals surface area contributed by atoms with Crippen LogP contribution in [0.4, 0.5) is 0 Å². The Morgan fingerprint density at radius 1 is 1.20 bits per heavy atom. The first-order chi connectivity index (χ1) is 7.35. The number of rotatable bonds is 1. The van der Waals surface area contributed by atoms with Crippen LogP contribution in [0.25, 0.3) is 11.1 Å². The van der Waals surface area contributed by atoms with E-state index in [0.717, 1.165) is 11.1 Å². The lowest BCUT2D eigenvalue weighted by Crippen LogP contribution is -1.84. The van der Waals surface area contributed by atoms with Gasteiger partial charge in [-0.2, -0.15) is 10.5 Å². The fraction of sp³-hybridized carbons (Fsp3) is 0. The van der Waals surface area contributed by atoms with Crippen LogP contribution < -0.4 is 0 Å². The van der Waals surface area contributed by atoms with Crippen LogP contribution in [-0.4, -0.2) is 0 Å². The maximum atomic E-state index is 8.94. The molecule has 0 saturated heterocycles. The van der Waals surface area contributed by atoms with E-state index in [1.165, 1.54) is 6.26 Å².